The third-order valence-corrected chi connectivity index (χ3v) is 6.57. The predicted octanol–water partition coefficient (Wildman–Crippen LogP) is 6.07. The van der Waals surface area contributed by atoms with Gasteiger partial charge in [0.1, 0.15) is 0 Å². The SMILES string of the molecule is CNC1=CC(NC)=C(NC)C1c1ccc2ccccc2c1-c1ccc(-c2ccccc2)cc1.C[O]. The van der Waals surface area contributed by atoms with Crippen LogP contribution in [0.2, 0.25) is 0 Å². The number of nitrogens with one attached hydrogen (secondary N) is 3. The van der Waals surface area contributed by atoms with Gasteiger partial charge in [0.25, 0.3) is 0 Å². The fourth-order valence-corrected chi connectivity index (χ4v) is 4.96. The Kier molecular flexibility index (Phi) is 7.54. The third kappa shape index (κ3) is 4.53. The number of fused-ring (bicyclic) bond motifs is 1. The fraction of sp³-hybridized carbons (Fsp3) is 0.161. The Bertz CT molecular complexity index is 1360. The van der Waals surface area contributed by atoms with Crippen LogP contribution >= 0.6 is 0 Å². The number of likely N-dealkylation sites (N-methyl/N-ethyl adjacent to an activating group) is 3. The van der Waals surface area contributed by atoms with Gasteiger partial charge in [-0.3, -0.25) is 0 Å². The summed E-state index contributed by atoms with van der Waals surface area (Å²) >= 11 is 0. The first kappa shape index (κ1) is 24.1. The van der Waals surface area contributed by atoms with E-state index >= 15 is 0 Å². The average Bonchev–Trinajstić information content (AvgIpc) is 3.32. The number of allylic oxidation sites excluding steroid dienone is 1. The van der Waals surface area contributed by atoms with Crippen molar-refractivity contribution in [2.75, 3.05) is 28.3 Å². The van der Waals surface area contributed by atoms with Crippen molar-refractivity contribution < 1.29 is 5.11 Å². The van der Waals surface area contributed by atoms with Gasteiger partial charge in [-0.25, -0.2) is 5.11 Å². The molecule has 35 heavy (non-hydrogen) atoms. The van der Waals surface area contributed by atoms with Crippen LogP contribution in [0.1, 0.15) is 11.5 Å². The van der Waals surface area contributed by atoms with Gasteiger partial charge < -0.3 is 16.0 Å². The maximum Gasteiger partial charge on any atom is 0.0712 e. The second-order valence-electron chi connectivity index (χ2n) is 8.30. The van der Waals surface area contributed by atoms with Gasteiger partial charge >= 0.3 is 0 Å². The normalized spacial score (nSPS) is 14.8. The van der Waals surface area contributed by atoms with E-state index < -0.39 is 0 Å². The van der Waals surface area contributed by atoms with Crippen molar-refractivity contribution in [2.24, 2.45) is 0 Å². The predicted molar refractivity (Wildman–Crippen MR) is 146 cm³/mol. The standard InChI is InChI=1S/C30H29N3.CH3O/c1-31-26-19-27(32-2)30(33-3)29(26)25-18-17-22-11-7-8-12-24(22)28(25)23-15-13-21(14-16-23)20-9-5-4-6-10-20;1-2/h4-19,29,31-33H,1-3H3;1H3. The van der Waals surface area contributed by atoms with Gasteiger partial charge in [0.15, 0.2) is 0 Å². The molecule has 1 unspecified atom stereocenters. The fourth-order valence-electron chi connectivity index (χ4n) is 4.96. The van der Waals surface area contributed by atoms with E-state index in [-0.39, 0.29) is 5.92 Å². The summed E-state index contributed by atoms with van der Waals surface area (Å²) in [5.74, 6) is 0.107. The van der Waals surface area contributed by atoms with E-state index in [0.29, 0.717) is 0 Å². The summed E-state index contributed by atoms with van der Waals surface area (Å²) < 4.78 is 0. The molecule has 4 heteroatoms. The quantitative estimate of drug-likeness (QED) is 0.326. The Balaban J connectivity index is 0.00000141. The van der Waals surface area contributed by atoms with Gasteiger partial charge in [-0.05, 0) is 44.7 Å². The van der Waals surface area contributed by atoms with Crippen LogP contribution in [0.5, 0.6) is 0 Å². The summed E-state index contributed by atoms with van der Waals surface area (Å²) in [7, 11) is 6.73. The van der Waals surface area contributed by atoms with Crippen LogP contribution < -0.4 is 16.0 Å². The molecule has 1 radical (unpaired) electrons. The zero-order valence-corrected chi connectivity index (χ0v) is 20.7. The van der Waals surface area contributed by atoms with Crippen molar-refractivity contribution in [3.8, 4) is 22.3 Å². The molecule has 0 bridgehead atoms. The van der Waals surface area contributed by atoms with Gasteiger partial charge in [-0.2, -0.15) is 0 Å². The average molecular weight is 463 g/mol. The molecule has 0 heterocycles. The monoisotopic (exact) mass is 462 g/mol. The highest BCUT2D eigenvalue weighted by atomic mass is 16.2. The molecule has 4 aromatic rings. The van der Waals surface area contributed by atoms with Crippen LogP contribution in [0.15, 0.2) is 114 Å². The van der Waals surface area contributed by atoms with Gasteiger partial charge in [0.05, 0.1) is 18.7 Å². The maximum atomic E-state index is 8.25. The lowest BCUT2D eigenvalue weighted by atomic mass is 9.84. The Morgan fingerprint density at radius 1 is 0.600 bits per heavy atom. The van der Waals surface area contributed by atoms with Crippen LogP contribution in [0.4, 0.5) is 0 Å². The number of benzene rings is 4. The highest BCUT2D eigenvalue weighted by Gasteiger charge is 2.30. The Morgan fingerprint density at radius 3 is 1.89 bits per heavy atom. The van der Waals surface area contributed by atoms with E-state index in [0.717, 1.165) is 12.8 Å². The highest BCUT2D eigenvalue weighted by molar-refractivity contribution is 5.99. The van der Waals surface area contributed by atoms with Crippen LogP contribution in [0.25, 0.3) is 33.0 Å². The van der Waals surface area contributed by atoms with Crippen LogP contribution in [0, 0.1) is 0 Å². The second kappa shape index (κ2) is 10.9. The second-order valence-corrected chi connectivity index (χ2v) is 8.30. The minimum Gasteiger partial charge on any atom is -0.391 e. The van der Waals surface area contributed by atoms with Crippen LogP contribution in [-0.4, -0.2) is 28.3 Å². The van der Waals surface area contributed by atoms with Crippen molar-refractivity contribution in [3.63, 3.8) is 0 Å². The smallest absolute Gasteiger partial charge is 0.0712 e. The summed E-state index contributed by atoms with van der Waals surface area (Å²) in [6.07, 6.45) is 2.20. The molecule has 0 saturated carbocycles. The molecular formula is C31H32N3O. The van der Waals surface area contributed by atoms with Gasteiger partial charge in [-0.1, -0.05) is 91.0 Å². The first-order valence-electron chi connectivity index (χ1n) is 11.8. The lowest BCUT2D eigenvalue weighted by molar-refractivity contribution is 0.282. The first-order valence-corrected chi connectivity index (χ1v) is 11.8. The van der Waals surface area contributed by atoms with Gasteiger partial charge in [0.2, 0.25) is 0 Å². The molecule has 0 spiro atoms. The van der Waals surface area contributed by atoms with Crippen molar-refractivity contribution in [1.29, 1.82) is 0 Å². The summed E-state index contributed by atoms with van der Waals surface area (Å²) in [6.45, 7) is 0. The summed E-state index contributed by atoms with van der Waals surface area (Å²) in [5, 5.41) is 21.0. The Hall–Kier alpha value is -4.02. The highest BCUT2D eigenvalue weighted by Crippen LogP contribution is 2.43. The summed E-state index contributed by atoms with van der Waals surface area (Å²) in [5.41, 5.74) is 9.74. The van der Waals surface area contributed by atoms with E-state index in [4.69, 9.17) is 5.11 Å². The number of rotatable bonds is 6. The molecule has 3 N–H and O–H groups in total. The lowest BCUT2D eigenvalue weighted by Gasteiger charge is -2.24. The zero-order valence-electron chi connectivity index (χ0n) is 20.7. The summed E-state index contributed by atoms with van der Waals surface area (Å²) in [4.78, 5) is 0. The number of hydrogen-bond acceptors (Lipinski definition) is 3. The van der Waals surface area contributed by atoms with Gasteiger partial charge in [0, 0.05) is 32.5 Å². The van der Waals surface area contributed by atoms with E-state index in [1.165, 1.54) is 50.0 Å². The van der Waals surface area contributed by atoms with E-state index in [1.807, 2.05) is 21.1 Å². The minimum atomic E-state index is 0.107. The van der Waals surface area contributed by atoms with Crippen LogP contribution in [0.3, 0.4) is 0 Å². The molecule has 1 aliphatic rings. The molecule has 0 fully saturated rings. The third-order valence-electron chi connectivity index (χ3n) is 6.57. The molecule has 4 aromatic carbocycles. The summed E-state index contributed by atoms with van der Waals surface area (Å²) in [6, 6.07) is 32.7. The van der Waals surface area contributed by atoms with Crippen LogP contribution in [-0.2, 0) is 5.11 Å². The van der Waals surface area contributed by atoms with Crippen molar-refractivity contribution in [3.05, 3.63) is 120 Å². The minimum absolute atomic E-state index is 0.107. The largest absolute Gasteiger partial charge is 0.391 e. The first-order chi connectivity index (χ1) is 17.2. The molecular weight excluding hydrogens is 430 g/mol. The Morgan fingerprint density at radius 2 is 1.23 bits per heavy atom. The van der Waals surface area contributed by atoms with Crippen molar-refractivity contribution >= 4 is 10.8 Å². The topological polar surface area (TPSA) is 56.0 Å². The van der Waals surface area contributed by atoms with Gasteiger partial charge in [-0.15, -0.1) is 0 Å². The van der Waals surface area contributed by atoms with E-state index in [1.54, 1.807) is 0 Å². The molecule has 1 aliphatic carbocycles. The molecule has 0 aliphatic heterocycles. The molecule has 5 rings (SSSR count). The molecule has 177 valence electrons. The van der Waals surface area contributed by atoms with Crippen molar-refractivity contribution in [1.82, 2.24) is 16.0 Å². The lowest BCUT2D eigenvalue weighted by Crippen LogP contribution is -2.22. The molecule has 0 aromatic heterocycles. The maximum absolute atomic E-state index is 8.25. The van der Waals surface area contributed by atoms with E-state index in [9.17, 15) is 0 Å². The molecule has 0 saturated heterocycles. The molecule has 4 nitrogen and oxygen atoms in total. The van der Waals surface area contributed by atoms with E-state index in [2.05, 4.69) is 113 Å². The Labute approximate surface area is 208 Å². The zero-order chi connectivity index (χ0) is 24.8. The molecule has 1 atom stereocenters. The number of hydrogen-bond donors (Lipinski definition) is 3. The van der Waals surface area contributed by atoms with Crippen molar-refractivity contribution in [2.45, 2.75) is 5.92 Å². The molecule has 0 amide bonds.